The molecule has 92 valence electrons. The summed E-state index contributed by atoms with van der Waals surface area (Å²) >= 11 is 5.98. The molecule has 0 aromatic heterocycles. The summed E-state index contributed by atoms with van der Waals surface area (Å²) in [5.41, 5.74) is 2.32. The normalized spacial score (nSPS) is 20.8. The van der Waals surface area contributed by atoms with Crippen molar-refractivity contribution in [3.63, 3.8) is 0 Å². The van der Waals surface area contributed by atoms with Gasteiger partial charge in [-0.1, -0.05) is 17.7 Å². The number of hydrogen-bond acceptors (Lipinski definition) is 2. The van der Waals surface area contributed by atoms with Crippen LogP contribution in [0.5, 0.6) is 0 Å². The van der Waals surface area contributed by atoms with Crippen LogP contribution in [0.2, 0.25) is 5.02 Å². The molecule has 1 atom stereocenters. The van der Waals surface area contributed by atoms with Crippen molar-refractivity contribution in [2.45, 2.75) is 19.4 Å². The second kappa shape index (κ2) is 5.07. The number of piperazine rings is 1. The molecule has 17 heavy (non-hydrogen) atoms. The highest BCUT2D eigenvalue weighted by Crippen LogP contribution is 2.18. The quantitative estimate of drug-likeness (QED) is 0.868. The van der Waals surface area contributed by atoms with Gasteiger partial charge in [0, 0.05) is 25.2 Å². The van der Waals surface area contributed by atoms with E-state index in [-0.39, 0.29) is 11.9 Å². The van der Waals surface area contributed by atoms with Gasteiger partial charge in [0.15, 0.2) is 0 Å². The van der Waals surface area contributed by atoms with Crippen LogP contribution < -0.4 is 5.32 Å². The van der Waals surface area contributed by atoms with Gasteiger partial charge in [-0.15, -0.1) is 0 Å². The predicted octanol–water partition coefficient (Wildman–Crippen LogP) is 1.62. The standard InChI is InChI=1S/C13H17ClN2O/c1-9-3-4-11(14)7-10(9)8-12-13(17)16(2)6-5-15-12/h3-4,7,12,15H,5-6,8H2,1-2H3. The molecule has 1 saturated heterocycles. The second-order valence-corrected chi connectivity index (χ2v) is 4.98. The lowest BCUT2D eigenvalue weighted by Gasteiger charge is -2.30. The van der Waals surface area contributed by atoms with Crippen LogP contribution in [-0.4, -0.2) is 37.0 Å². The topological polar surface area (TPSA) is 32.3 Å². The molecule has 1 aromatic carbocycles. The lowest BCUT2D eigenvalue weighted by Crippen LogP contribution is -2.54. The van der Waals surface area contributed by atoms with E-state index in [0.717, 1.165) is 23.7 Å². The molecule has 0 spiro atoms. The summed E-state index contributed by atoms with van der Waals surface area (Å²) in [6.45, 7) is 3.68. The Morgan fingerprint density at radius 2 is 2.29 bits per heavy atom. The Hall–Kier alpha value is -1.06. The van der Waals surface area contributed by atoms with E-state index >= 15 is 0 Å². The summed E-state index contributed by atoms with van der Waals surface area (Å²) in [6.07, 6.45) is 0.704. The second-order valence-electron chi connectivity index (χ2n) is 4.54. The van der Waals surface area contributed by atoms with E-state index in [4.69, 9.17) is 11.6 Å². The SMILES string of the molecule is Cc1ccc(Cl)cc1CC1NCCN(C)C1=O. The fourth-order valence-corrected chi connectivity index (χ4v) is 2.30. The average Bonchev–Trinajstić information content (AvgIpc) is 2.30. The van der Waals surface area contributed by atoms with Gasteiger partial charge in [-0.05, 0) is 36.6 Å². The van der Waals surface area contributed by atoms with Crippen LogP contribution in [0.3, 0.4) is 0 Å². The molecule has 1 fully saturated rings. The zero-order chi connectivity index (χ0) is 12.4. The maximum Gasteiger partial charge on any atom is 0.239 e. The first-order valence-corrected chi connectivity index (χ1v) is 6.19. The molecule has 0 aliphatic carbocycles. The first-order valence-electron chi connectivity index (χ1n) is 5.81. The minimum Gasteiger partial charge on any atom is -0.343 e. The number of rotatable bonds is 2. The Morgan fingerprint density at radius 1 is 1.53 bits per heavy atom. The molecule has 3 nitrogen and oxygen atoms in total. The van der Waals surface area contributed by atoms with Gasteiger partial charge in [0.2, 0.25) is 5.91 Å². The Balaban J connectivity index is 2.14. The Bertz CT molecular complexity index is 433. The molecule has 0 radical (unpaired) electrons. The maximum absolute atomic E-state index is 12.0. The van der Waals surface area contributed by atoms with E-state index in [9.17, 15) is 4.79 Å². The van der Waals surface area contributed by atoms with Crippen LogP contribution >= 0.6 is 11.6 Å². The van der Waals surface area contributed by atoms with E-state index in [1.807, 2.05) is 32.2 Å². The molecule has 1 aliphatic heterocycles. The summed E-state index contributed by atoms with van der Waals surface area (Å²) < 4.78 is 0. The van der Waals surface area contributed by atoms with Gasteiger partial charge in [0.1, 0.15) is 0 Å². The molecule has 1 heterocycles. The van der Waals surface area contributed by atoms with Crippen molar-refractivity contribution >= 4 is 17.5 Å². The fraction of sp³-hybridized carbons (Fsp3) is 0.462. The van der Waals surface area contributed by atoms with Gasteiger partial charge in [-0.3, -0.25) is 4.79 Å². The first-order chi connectivity index (χ1) is 8.08. The third-order valence-electron chi connectivity index (χ3n) is 3.25. The Labute approximate surface area is 107 Å². The van der Waals surface area contributed by atoms with Crippen molar-refractivity contribution in [3.8, 4) is 0 Å². The van der Waals surface area contributed by atoms with Gasteiger partial charge < -0.3 is 10.2 Å². The number of hydrogen-bond donors (Lipinski definition) is 1. The third-order valence-corrected chi connectivity index (χ3v) is 3.48. The highest BCUT2D eigenvalue weighted by molar-refractivity contribution is 6.30. The van der Waals surface area contributed by atoms with Gasteiger partial charge in [0.05, 0.1) is 6.04 Å². The number of nitrogens with zero attached hydrogens (tertiary/aromatic N) is 1. The lowest BCUT2D eigenvalue weighted by molar-refractivity contribution is -0.134. The smallest absolute Gasteiger partial charge is 0.239 e. The molecule has 0 saturated carbocycles. The number of carbonyl (C=O) groups excluding carboxylic acids is 1. The van der Waals surface area contributed by atoms with E-state index in [1.54, 1.807) is 4.90 Å². The van der Waals surface area contributed by atoms with Crippen LogP contribution in [-0.2, 0) is 11.2 Å². The summed E-state index contributed by atoms with van der Waals surface area (Å²) in [7, 11) is 1.85. The van der Waals surface area contributed by atoms with Gasteiger partial charge in [-0.2, -0.15) is 0 Å². The largest absolute Gasteiger partial charge is 0.343 e. The van der Waals surface area contributed by atoms with Crippen molar-refractivity contribution in [1.82, 2.24) is 10.2 Å². The van der Waals surface area contributed by atoms with Crippen LogP contribution in [0.1, 0.15) is 11.1 Å². The molecule has 2 rings (SSSR count). The third kappa shape index (κ3) is 2.79. The predicted molar refractivity (Wildman–Crippen MR) is 69.3 cm³/mol. The van der Waals surface area contributed by atoms with Crippen LogP contribution in [0.4, 0.5) is 0 Å². The average molecular weight is 253 g/mol. The van der Waals surface area contributed by atoms with Crippen molar-refractivity contribution in [3.05, 3.63) is 34.3 Å². The van der Waals surface area contributed by atoms with Crippen LogP contribution in [0, 0.1) is 6.92 Å². The Morgan fingerprint density at radius 3 is 3.06 bits per heavy atom. The molecule has 4 heteroatoms. The minimum absolute atomic E-state index is 0.120. The minimum atomic E-state index is -0.120. The van der Waals surface area contributed by atoms with E-state index in [2.05, 4.69) is 5.32 Å². The van der Waals surface area contributed by atoms with E-state index in [0.29, 0.717) is 6.42 Å². The number of amides is 1. The summed E-state index contributed by atoms with van der Waals surface area (Å²) in [5, 5.41) is 3.98. The highest BCUT2D eigenvalue weighted by atomic mass is 35.5. The van der Waals surface area contributed by atoms with Crippen LogP contribution in [0.25, 0.3) is 0 Å². The number of likely N-dealkylation sites (N-methyl/N-ethyl adjacent to an activating group) is 1. The number of carbonyl (C=O) groups is 1. The number of halogens is 1. The van der Waals surface area contributed by atoms with E-state index in [1.165, 1.54) is 5.56 Å². The fourth-order valence-electron chi connectivity index (χ4n) is 2.11. The summed E-state index contributed by atoms with van der Waals surface area (Å²) in [6, 6.07) is 5.70. The molecule has 1 aliphatic rings. The van der Waals surface area contributed by atoms with Crippen molar-refractivity contribution in [2.75, 3.05) is 20.1 Å². The molecule has 1 aromatic rings. The molecular formula is C13H17ClN2O. The molecule has 1 N–H and O–H groups in total. The zero-order valence-corrected chi connectivity index (χ0v) is 10.9. The zero-order valence-electron chi connectivity index (χ0n) is 10.2. The van der Waals surface area contributed by atoms with Gasteiger partial charge >= 0.3 is 0 Å². The number of aryl methyl sites for hydroxylation is 1. The summed E-state index contributed by atoms with van der Waals surface area (Å²) in [4.78, 5) is 13.7. The molecular weight excluding hydrogens is 236 g/mol. The molecule has 0 bridgehead atoms. The van der Waals surface area contributed by atoms with Crippen molar-refractivity contribution < 1.29 is 4.79 Å². The number of nitrogens with one attached hydrogen (secondary N) is 1. The highest BCUT2D eigenvalue weighted by Gasteiger charge is 2.26. The maximum atomic E-state index is 12.0. The molecule has 1 amide bonds. The van der Waals surface area contributed by atoms with E-state index < -0.39 is 0 Å². The van der Waals surface area contributed by atoms with Gasteiger partial charge in [0.25, 0.3) is 0 Å². The first kappa shape index (κ1) is 12.4. The number of benzene rings is 1. The van der Waals surface area contributed by atoms with Crippen molar-refractivity contribution in [2.24, 2.45) is 0 Å². The molecule has 1 unspecified atom stereocenters. The lowest BCUT2D eigenvalue weighted by atomic mass is 9.99. The van der Waals surface area contributed by atoms with Gasteiger partial charge in [-0.25, -0.2) is 0 Å². The van der Waals surface area contributed by atoms with Crippen LogP contribution in [0.15, 0.2) is 18.2 Å². The summed E-state index contributed by atoms with van der Waals surface area (Å²) in [5.74, 6) is 0.163. The Kier molecular flexibility index (Phi) is 3.69. The monoisotopic (exact) mass is 252 g/mol. The van der Waals surface area contributed by atoms with Crippen molar-refractivity contribution in [1.29, 1.82) is 0 Å².